The zero-order chi connectivity index (χ0) is 12.2. The van der Waals surface area contributed by atoms with E-state index >= 15 is 0 Å². The molecular weight excluding hydrogens is 226 g/mol. The van der Waals surface area contributed by atoms with Gasteiger partial charge in [0.15, 0.2) is 0 Å². The fourth-order valence-electron chi connectivity index (χ4n) is 1.16. The van der Waals surface area contributed by atoms with Crippen LogP contribution in [0, 0.1) is 0 Å². The second kappa shape index (κ2) is 5.31. The van der Waals surface area contributed by atoms with Gasteiger partial charge in [0.05, 0.1) is 26.4 Å². The lowest BCUT2D eigenvalue weighted by atomic mass is 10.1. The summed E-state index contributed by atoms with van der Waals surface area (Å²) in [6.07, 6.45) is -1.41. The summed E-state index contributed by atoms with van der Waals surface area (Å²) < 4.78 is 40.2. The first-order valence-corrected chi connectivity index (χ1v) is 4.78. The van der Waals surface area contributed by atoms with Gasteiger partial charge in [-0.1, -0.05) is 0 Å². The number of esters is 1. The number of Topliss-reactive ketones (excluding diaryl/α,β-unsaturated/α-hetero) is 1. The van der Waals surface area contributed by atoms with Crippen LogP contribution in [0.5, 0.6) is 0 Å². The maximum atomic E-state index is 13.2. The molecule has 0 aromatic carbocycles. The highest BCUT2D eigenvalue weighted by molar-refractivity contribution is 6.07. The van der Waals surface area contributed by atoms with Crippen LogP contribution in [0.15, 0.2) is 0 Å². The zero-order valence-corrected chi connectivity index (χ0v) is 8.70. The van der Waals surface area contributed by atoms with Crippen LogP contribution in [0.25, 0.3) is 0 Å². The Bertz CT molecular complexity index is 273. The molecule has 0 aliphatic carbocycles. The van der Waals surface area contributed by atoms with E-state index in [0.717, 1.165) is 0 Å². The van der Waals surface area contributed by atoms with Crippen molar-refractivity contribution in [1.82, 2.24) is 0 Å². The van der Waals surface area contributed by atoms with E-state index in [-0.39, 0.29) is 26.4 Å². The summed E-state index contributed by atoms with van der Waals surface area (Å²) in [4.78, 5) is 22.1. The minimum Gasteiger partial charge on any atom is -0.461 e. The Balaban J connectivity index is 2.66. The molecule has 1 unspecified atom stereocenters. The number of alkyl halides is 2. The summed E-state index contributed by atoms with van der Waals surface area (Å²) in [6.45, 7) is 1.18. The second-order valence-electron chi connectivity index (χ2n) is 3.09. The van der Waals surface area contributed by atoms with Crippen LogP contribution in [0.2, 0.25) is 0 Å². The third kappa shape index (κ3) is 2.73. The topological polar surface area (TPSA) is 61.8 Å². The van der Waals surface area contributed by atoms with E-state index in [9.17, 15) is 18.4 Å². The molecule has 0 radical (unpaired) electrons. The Morgan fingerprint density at radius 2 is 2.12 bits per heavy atom. The average Bonchev–Trinajstić information content (AvgIpc) is 2.29. The van der Waals surface area contributed by atoms with Gasteiger partial charge in [-0.05, 0) is 6.92 Å². The molecule has 0 saturated carbocycles. The van der Waals surface area contributed by atoms with Crippen molar-refractivity contribution in [3.63, 3.8) is 0 Å². The van der Waals surface area contributed by atoms with E-state index in [1.54, 1.807) is 0 Å². The third-order valence-corrected chi connectivity index (χ3v) is 1.95. The van der Waals surface area contributed by atoms with Crippen molar-refractivity contribution in [3.8, 4) is 0 Å². The van der Waals surface area contributed by atoms with Crippen molar-refractivity contribution in [3.05, 3.63) is 0 Å². The molecule has 1 aliphatic rings. The van der Waals surface area contributed by atoms with Crippen LogP contribution in [0.3, 0.4) is 0 Å². The molecule has 0 amide bonds. The van der Waals surface area contributed by atoms with Crippen LogP contribution in [0.4, 0.5) is 8.78 Å². The summed E-state index contributed by atoms with van der Waals surface area (Å²) in [5.41, 5.74) is 0. The lowest BCUT2D eigenvalue weighted by Gasteiger charge is -2.24. The van der Waals surface area contributed by atoms with Crippen LogP contribution in [-0.2, 0) is 23.8 Å². The number of hydrogen-bond donors (Lipinski definition) is 0. The average molecular weight is 238 g/mol. The normalized spacial score (nSPS) is 21.6. The lowest BCUT2D eigenvalue weighted by molar-refractivity contribution is -0.186. The predicted octanol–water partition coefficient (Wildman–Crippen LogP) is 0.169. The zero-order valence-electron chi connectivity index (χ0n) is 8.70. The number of hydrogen-bond acceptors (Lipinski definition) is 5. The Hall–Kier alpha value is -1.08. The van der Waals surface area contributed by atoms with Gasteiger partial charge in [-0.3, -0.25) is 4.79 Å². The molecule has 0 N–H and O–H groups in total. The highest BCUT2D eigenvalue weighted by Crippen LogP contribution is 2.21. The van der Waals surface area contributed by atoms with Crippen LogP contribution in [-0.4, -0.2) is 50.2 Å². The van der Waals surface area contributed by atoms with Gasteiger partial charge in [-0.2, -0.15) is 8.78 Å². The summed E-state index contributed by atoms with van der Waals surface area (Å²) >= 11 is 0. The maximum absolute atomic E-state index is 13.2. The van der Waals surface area contributed by atoms with Crippen LogP contribution < -0.4 is 0 Å². The van der Waals surface area contributed by atoms with Gasteiger partial charge >= 0.3 is 11.9 Å². The number of halogens is 2. The van der Waals surface area contributed by atoms with E-state index in [0.29, 0.717) is 0 Å². The lowest BCUT2D eigenvalue weighted by Crippen LogP contribution is -2.49. The quantitative estimate of drug-likeness (QED) is 0.516. The Morgan fingerprint density at radius 1 is 1.44 bits per heavy atom. The first-order chi connectivity index (χ1) is 7.50. The fourth-order valence-corrected chi connectivity index (χ4v) is 1.16. The van der Waals surface area contributed by atoms with Crippen molar-refractivity contribution in [2.24, 2.45) is 0 Å². The van der Waals surface area contributed by atoms with Gasteiger partial charge in [0.25, 0.3) is 0 Å². The maximum Gasteiger partial charge on any atom is 0.402 e. The SMILES string of the molecule is CCOC(=O)C(F)(F)C(=O)C1COCCO1. The molecule has 1 fully saturated rings. The number of ketones is 1. The Kier molecular flexibility index (Phi) is 4.31. The molecule has 1 aliphatic heterocycles. The number of rotatable bonds is 4. The Morgan fingerprint density at radius 3 is 2.62 bits per heavy atom. The molecule has 1 rings (SSSR count). The van der Waals surface area contributed by atoms with Crippen molar-refractivity contribution in [2.75, 3.05) is 26.4 Å². The molecule has 0 spiro atoms. The fraction of sp³-hybridized carbons (Fsp3) is 0.778. The van der Waals surface area contributed by atoms with E-state index in [1.807, 2.05) is 0 Å². The van der Waals surface area contributed by atoms with Crippen molar-refractivity contribution in [2.45, 2.75) is 19.0 Å². The summed E-state index contributed by atoms with van der Waals surface area (Å²) in [6, 6.07) is 0. The second-order valence-corrected chi connectivity index (χ2v) is 3.09. The molecule has 5 nitrogen and oxygen atoms in total. The van der Waals surface area contributed by atoms with Gasteiger partial charge in [0.2, 0.25) is 5.78 Å². The molecule has 1 saturated heterocycles. The largest absolute Gasteiger partial charge is 0.461 e. The minimum atomic E-state index is -4.18. The third-order valence-electron chi connectivity index (χ3n) is 1.95. The minimum absolute atomic E-state index is 0.0509. The first-order valence-electron chi connectivity index (χ1n) is 4.78. The van der Waals surface area contributed by atoms with Crippen molar-refractivity contribution in [1.29, 1.82) is 0 Å². The molecule has 0 aromatic heterocycles. The number of ether oxygens (including phenoxy) is 3. The summed E-state index contributed by atoms with van der Waals surface area (Å²) in [7, 11) is 0. The smallest absolute Gasteiger partial charge is 0.402 e. The first kappa shape index (κ1) is 13.0. The van der Waals surface area contributed by atoms with E-state index < -0.39 is 23.8 Å². The van der Waals surface area contributed by atoms with Crippen LogP contribution >= 0.6 is 0 Å². The summed E-state index contributed by atoms with van der Waals surface area (Å²) in [5.74, 6) is -7.65. The monoisotopic (exact) mass is 238 g/mol. The number of carbonyl (C=O) groups excluding carboxylic acids is 2. The highest BCUT2D eigenvalue weighted by atomic mass is 19.3. The van der Waals surface area contributed by atoms with E-state index in [2.05, 4.69) is 4.74 Å². The van der Waals surface area contributed by atoms with Gasteiger partial charge in [0, 0.05) is 0 Å². The molecule has 1 atom stereocenters. The van der Waals surface area contributed by atoms with Gasteiger partial charge in [-0.25, -0.2) is 4.79 Å². The molecule has 1 heterocycles. The van der Waals surface area contributed by atoms with Crippen molar-refractivity contribution < 1.29 is 32.6 Å². The molecule has 7 heteroatoms. The van der Waals surface area contributed by atoms with Gasteiger partial charge < -0.3 is 14.2 Å². The highest BCUT2D eigenvalue weighted by Gasteiger charge is 2.52. The number of carbonyl (C=O) groups is 2. The molecular formula is C9H12F2O5. The molecule has 92 valence electrons. The summed E-state index contributed by atoms with van der Waals surface area (Å²) in [5, 5.41) is 0. The van der Waals surface area contributed by atoms with Crippen LogP contribution in [0.1, 0.15) is 6.92 Å². The van der Waals surface area contributed by atoms with E-state index in [1.165, 1.54) is 6.92 Å². The predicted molar refractivity (Wildman–Crippen MR) is 47.1 cm³/mol. The standard InChI is InChI=1S/C9H12F2O5/c1-2-15-8(13)9(10,11)7(12)6-5-14-3-4-16-6/h6H,2-5H2,1H3. The molecule has 0 bridgehead atoms. The van der Waals surface area contributed by atoms with Gasteiger partial charge in [-0.15, -0.1) is 0 Å². The van der Waals surface area contributed by atoms with Crippen molar-refractivity contribution >= 4 is 11.8 Å². The van der Waals surface area contributed by atoms with Gasteiger partial charge in [0.1, 0.15) is 6.10 Å². The Labute approximate surface area is 90.6 Å². The molecule has 16 heavy (non-hydrogen) atoms. The van der Waals surface area contributed by atoms with E-state index in [4.69, 9.17) is 9.47 Å². The molecule has 0 aromatic rings.